The predicted molar refractivity (Wildman–Crippen MR) is 86.1 cm³/mol. The topological polar surface area (TPSA) is 75.6 Å². The quantitative estimate of drug-likeness (QED) is 0.606. The van der Waals surface area contributed by atoms with Crippen LogP contribution in [0.2, 0.25) is 0 Å². The Hall–Kier alpha value is -2.89. The molecule has 2 N–H and O–H groups in total. The lowest BCUT2D eigenvalue weighted by molar-refractivity contribution is -0.119. The van der Waals surface area contributed by atoms with E-state index in [1.54, 1.807) is 24.7 Å². The van der Waals surface area contributed by atoms with Crippen LogP contribution < -0.4 is 15.5 Å². The molecule has 0 fully saturated rings. The van der Waals surface area contributed by atoms with E-state index in [9.17, 15) is 4.79 Å². The van der Waals surface area contributed by atoms with Gasteiger partial charge in [-0.15, -0.1) is 0 Å². The van der Waals surface area contributed by atoms with E-state index in [2.05, 4.69) is 20.8 Å². The van der Waals surface area contributed by atoms with E-state index < -0.39 is 0 Å². The molecular weight excluding hydrogens is 280 g/mol. The van der Waals surface area contributed by atoms with Gasteiger partial charge in [0.25, 0.3) is 5.91 Å². The SMILES string of the molecule is CCOc1ccc(NCC(=O)N/N=C/c2cccnc2)cc1. The number of amides is 1. The second-order valence-corrected chi connectivity index (χ2v) is 4.39. The lowest BCUT2D eigenvalue weighted by atomic mass is 10.3. The maximum absolute atomic E-state index is 11.6. The second kappa shape index (κ2) is 8.41. The number of nitrogens with one attached hydrogen (secondary N) is 2. The summed E-state index contributed by atoms with van der Waals surface area (Å²) in [6.45, 7) is 2.70. The van der Waals surface area contributed by atoms with Gasteiger partial charge in [-0.05, 0) is 37.3 Å². The number of hydrogen-bond donors (Lipinski definition) is 2. The Labute approximate surface area is 129 Å². The van der Waals surface area contributed by atoms with Crippen LogP contribution in [0.15, 0.2) is 53.9 Å². The van der Waals surface area contributed by atoms with Gasteiger partial charge in [-0.3, -0.25) is 9.78 Å². The summed E-state index contributed by atoms with van der Waals surface area (Å²) in [7, 11) is 0. The Morgan fingerprint density at radius 2 is 2.14 bits per heavy atom. The third-order valence-electron chi connectivity index (χ3n) is 2.71. The second-order valence-electron chi connectivity index (χ2n) is 4.39. The van der Waals surface area contributed by atoms with Crippen molar-refractivity contribution >= 4 is 17.8 Å². The van der Waals surface area contributed by atoms with E-state index in [0.717, 1.165) is 17.0 Å². The molecule has 6 heteroatoms. The van der Waals surface area contributed by atoms with Crippen molar-refractivity contribution in [1.82, 2.24) is 10.4 Å². The van der Waals surface area contributed by atoms with Crippen molar-refractivity contribution in [3.63, 3.8) is 0 Å². The van der Waals surface area contributed by atoms with Crippen LogP contribution in [0.25, 0.3) is 0 Å². The zero-order chi connectivity index (χ0) is 15.6. The number of carbonyl (C=O) groups is 1. The first-order valence-corrected chi connectivity index (χ1v) is 6.96. The number of aromatic nitrogens is 1. The van der Waals surface area contributed by atoms with Crippen molar-refractivity contribution in [2.75, 3.05) is 18.5 Å². The molecule has 0 aliphatic heterocycles. The number of ether oxygens (including phenoxy) is 1. The highest BCUT2D eigenvalue weighted by molar-refractivity contribution is 5.84. The van der Waals surface area contributed by atoms with Gasteiger partial charge in [0.1, 0.15) is 5.75 Å². The van der Waals surface area contributed by atoms with Crippen LogP contribution in [-0.2, 0) is 4.79 Å². The number of anilines is 1. The van der Waals surface area contributed by atoms with Gasteiger partial charge in [0.2, 0.25) is 0 Å². The number of nitrogens with zero attached hydrogens (tertiary/aromatic N) is 2. The normalized spacial score (nSPS) is 10.4. The Balaban J connectivity index is 1.74. The van der Waals surface area contributed by atoms with Gasteiger partial charge in [-0.1, -0.05) is 6.07 Å². The van der Waals surface area contributed by atoms with E-state index in [1.165, 1.54) is 0 Å². The fraction of sp³-hybridized carbons (Fsp3) is 0.188. The molecule has 114 valence electrons. The zero-order valence-corrected chi connectivity index (χ0v) is 12.3. The minimum atomic E-state index is -0.228. The third kappa shape index (κ3) is 5.24. The van der Waals surface area contributed by atoms with Crippen molar-refractivity contribution in [3.05, 3.63) is 54.4 Å². The van der Waals surface area contributed by atoms with Gasteiger partial charge >= 0.3 is 0 Å². The fourth-order valence-electron chi connectivity index (χ4n) is 1.69. The summed E-state index contributed by atoms with van der Waals surface area (Å²) in [5.41, 5.74) is 4.11. The van der Waals surface area contributed by atoms with Gasteiger partial charge < -0.3 is 10.1 Å². The first-order valence-electron chi connectivity index (χ1n) is 6.96. The van der Waals surface area contributed by atoms with Crippen molar-refractivity contribution in [1.29, 1.82) is 0 Å². The Morgan fingerprint density at radius 1 is 1.32 bits per heavy atom. The number of rotatable bonds is 7. The Morgan fingerprint density at radius 3 is 2.82 bits per heavy atom. The van der Waals surface area contributed by atoms with E-state index in [1.807, 2.05) is 37.3 Å². The molecule has 1 amide bonds. The molecule has 2 rings (SSSR count). The highest BCUT2D eigenvalue weighted by Gasteiger charge is 2.00. The maximum atomic E-state index is 11.6. The average Bonchev–Trinajstić information content (AvgIpc) is 2.55. The highest BCUT2D eigenvalue weighted by Crippen LogP contribution is 2.15. The fourth-order valence-corrected chi connectivity index (χ4v) is 1.69. The summed E-state index contributed by atoms with van der Waals surface area (Å²) in [6.07, 6.45) is 4.88. The van der Waals surface area contributed by atoms with Crippen LogP contribution in [0.1, 0.15) is 12.5 Å². The van der Waals surface area contributed by atoms with E-state index in [-0.39, 0.29) is 12.5 Å². The predicted octanol–water partition coefficient (Wildman–Crippen LogP) is 2.04. The average molecular weight is 298 g/mol. The lowest BCUT2D eigenvalue weighted by Gasteiger charge is -2.07. The zero-order valence-electron chi connectivity index (χ0n) is 12.3. The summed E-state index contributed by atoms with van der Waals surface area (Å²) >= 11 is 0. The van der Waals surface area contributed by atoms with E-state index >= 15 is 0 Å². The molecule has 0 saturated heterocycles. The molecule has 2 aromatic rings. The summed E-state index contributed by atoms with van der Waals surface area (Å²) in [5, 5.41) is 6.88. The third-order valence-corrected chi connectivity index (χ3v) is 2.71. The minimum absolute atomic E-state index is 0.137. The molecule has 1 heterocycles. The van der Waals surface area contributed by atoms with Crippen LogP contribution in [0, 0.1) is 0 Å². The molecule has 0 bridgehead atoms. The molecule has 1 aromatic carbocycles. The Bertz CT molecular complexity index is 612. The van der Waals surface area contributed by atoms with Crippen LogP contribution in [-0.4, -0.2) is 30.3 Å². The van der Waals surface area contributed by atoms with Crippen molar-refractivity contribution in [2.24, 2.45) is 5.10 Å². The number of benzene rings is 1. The molecule has 6 nitrogen and oxygen atoms in total. The Kier molecular flexibility index (Phi) is 5.92. The first-order chi connectivity index (χ1) is 10.8. The molecule has 0 aliphatic carbocycles. The highest BCUT2D eigenvalue weighted by atomic mass is 16.5. The minimum Gasteiger partial charge on any atom is -0.494 e. The van der Waals surface area contributed by atoms with Crippen LogP contribution in [0.3, 0.4) is 0 Å². The van der Waals surface area contributed by atoms with E-state index in [0.29, 0.717) is 6.61 Å². The van der Waals surface area contributed by atoms with Crippen LogP contribution >= 0.6 is 0 Å². The molecule has 0 radical (unpaired) electrons. The van der Waals surface area contributed by atoms with Crippen molar-refractivity contribution in [2.45, 2.75) is 6.92 Å². The molecule has 0 unspecified atom stereocenters. The molecular formula is C16H18N4O2. The number of hydrogen-bond acceptors (Lipinski definition) is 5. The van der Waals surface area contributed by atoms with Crippen LogP contribution in [0.5, 0.6) is 5.75 Å². The van der Waals surface area contributed by atoms with Gasteiger partial charge in [-0.25, -0.2) is 5.43 Å². The molecule has 0 atom stereocenters. The summed E-state index contributed by atoms with van der Waals surface area (Å²) in [6, 6.07) is 11.1. The van der Waals surface area contributed by atoms with Crippen molar-refractivity contribution < 1.29 is 9.53 Å². The molecule has 1 aromatic heterocycles. The van der Waals surface area contributed by atoms with Gasteiger partial charge in [0.05, 0.1) is 19.4 Å². The van der Waals surface area contributed by atoms with Gasteiger partial charge in [-0.2, -0.15) is 5.10 Å². The van der Waals surface area contributed by atoms with E-state index in [4.69, 9.17) is 4.74 Å². The number of pyridine rings is 1. The molecule has 0 aliphatic rings. The monoisotopic (exact) mass is 298 g/mol. The van der Waals surface area contributed by atoms with Gasteiger partial charge in [0.15, 0.2) is 0 Å². The molecule has 0 spiro atoms. The summed E-state index contributed by atoms with van der Waals surface area (Å²) in [5.74, 6) is 0.576. The standard InChI is InChI=1S/C16H18N4O2/c1-2-22-15-7-5-14(6-8-15)18-12-16(21)20-19-11-13-4-3-9-17-10-13/h3-11,18H,2,12H2,1H3,(H,20,21)/b19-11+. The van der Waals surface area contributed by atoms with Gasteiger partial charge in [0, 0.05) is 23.6 Å². The first kappa shape index (κ1) is 15.5. The van der Waals surface area contributed by atoms with Crippen LogP contribution in [0.4, 0.5) is 5.69 Å². The summed E-state index contributed by atoms with van der Waals surface area (Å²) < 4.78 is 5.35. The number of carbonyl (C=O) groups excluding carboxylic acids is 1. The smallest absolute Gasteiger partial charge is 0.259 e. The molecule has 0 saturated carbocycles. The lowest BCUT2D eigenvalue weighted by Crippen LogP contribution is -2.25. The summed E-state index contributed by atoms with van der Waals surface area (Å²) in [4.78, 5) is 15.6. The number of hydrazone groups is 1. The molecule has 22 heavy (non-hydrogen) atoms. The largest absolute Gasteiger partial charge is 0.494 e. The van der Waals surface area contributed by atoms with Crippen molar-refractivity contribution in [3.8, 4) is 5.75 Å². The maximum Gasteiger partial charge on any atom is 0.259 e.